The molecule has 0 aliphatic carbocycles. The molecule has 2 heterocycles. The maximum absolute atomic E-state index is 13.1. The summed E-state index contributed by atoms with van der Waals surface area (Å²) in [5, 5.41) is 14.6. The van der Waals surface area contributed by atoms with Crippen molar-refractivity contribution < 1.29 is 17.6 Å². The van der Waals surface area contributed by atoms with Gasteiger partial charge in [0.05, 0.1) is 4.90 Å². The second kappa shape index (κ2) is 10.2. The number of carbonyl (C=O) groups is 1. The molecule has 2 aromatic heterocycles. The molecule has 1 N–H and O–H groups in total. The van der Waals surface area contributed by atoms with E-state index in [2.05, 4.69) is 20.6 Å². The molecule has 0 spiro atoms. The Balaban J connectivity index is 1.46. The standard InChI is InChI=1S/C24H26N6O4S/c1-4-29(16-18-8-6-5-7-9-18)35(32,33)20-12-10-19(11-13-20)22(31)26-24-28-27-23(34-24)21-14-15-25-30(21)17(2)3/h5-15,17H,4,16H2,1-3H3,(H,26,28,31). The molecular formula is C24H26N6O4S. The van der Waals surface area contributed by atoms with Crippen LogP contribution in [0.5, 0.6) is 0 Å². The van der Waals surface area contributed by atoms with Gasteiger partial charge >= 0.3 is 6.01 Å². The van der Waals surface area contributed by atoms with E-state index < -0.39 is 15.9 Å². The first-order chi connectivity index (χ1) is 16.8. The van der Waals surface area contributed by atoms with Crippen LogP contribution in [-0.4, -0.2) is 45.2 Å². The number of nitrogens with one attached hydrogen (secondary N) is 1. The van der Waals surface area contributed by atoms with Crippen LogP contribution in [0.3, 0.4) is 0 Å². The maximum atomic E-state index is 13.1. The number of sulfonamides is 1. The van der Waals surface area contributed by atoms with Crippen molar-refractivity contribution in [2.45, 2.75) is 38.3 Å². The van der Waals surface area contributed by atoms with Crippen LogP contribution < -0.4 is 5.32 Å². The summed E-state index contributed by atoms with van der Waals surface area (Å²) in [5.74, 6) is -0.274. The zero-order valence-electron chi connectivity index (χ0n) is 19.6. The SMILES string of the molecule is CCN(Cc1ccccc1)S(=O)(=O)c1ccc(C(=O)Nc2nnc(-c3ccnn3C(C)C)o2)cc1. The van der Waals surface area contributed by atoms with Crippen LogP contribution in [-0.2, 0) is 16.6 Å². The van der Waals surface area contributed by atoms with Crippen LogP contribution in [0.25, 0.3) is 11.6 Å². The highest BCUT2D eigenvalue weighted by Gasteiger charge is 2.24. The molecule has 11 heteroatoms. The molecule has 0 unspecified atom stereocenters. The third kappa shape index (κ3) is 5.31. The van der Waals surface area contributed by atoms with Crippen molar-refractivity contribution in [3.8, 4) is 11.6 Å². The molecule has 0 fully saturated rings. The lowest BCUT2D eigenvalue weighted by molar-refractivity contribution is 0.102. The summed E-state index contributed by atoms with van der Waals surface area (Å²) in [6.07, 6.45) is 1.63. The third-order valence-electron chi connectivity index (χ3n) is 5.33. The van der Waals surface area contributed by atoms with Crippen molar-refractivity contribution in [1.29, 1.82) is 0 Å². The van der Waals surface area contributed by atoms with E-state index in [0.29, 0.717) is 12.2 Å². The van der Waals surface area contributed by atoms with Crippen LogP contribution in [0.15, 0.2) is 76.2 Å². The normalized spacial score (nSPS) is 11.8. The van der Waals surface area contributed by atoms with Gasteiger partial charge in [0.1, 0.15) is 5.69 Å². The second-order valence-electron chi connectivity index (χ2n) is 8.06. The number of nitrogens with zero attached hydrogens (tertiary/aromatic N) is 5. The predicted octanol–water partition coefficient (Wildman–Crippen LogP) is 3.98. The first-order valence-corrected chi connectivity index (χ1v) is 12.6. The Morgan fingerprint density at radius 3 is 2.43 bits per heavy atom. The van der Waals surface area contributed by atoms with E-state index in [9.17, 15) is 13.2 Å². The van der Waals surface area contributed by atoms with E-state index in [0.717, 1.165) is 5.56 Å². The van der Waals surface area contributed by atoms with Crippen molar-refractivity contribution in [3.63, 3.8) is 0 Å². The first-order valence-electron chi connectivity index (χ1n) is 11.1. The number of benzene rings is 2. The van der Waals surface area contributed by atoms with Crippen LogP contribution >= 0.6 is 0 Å². The highest BCUT2D eigenvalue weighted by atomic mass is 32.2. The molecule has 35 heavy (non-hydrogen) atoms. The molecule has 182 valence electrons. The highest BCUT2D eigenvalue weighted by Crippen LogP contribution is 2.23. The van der Waals surface area contributed by atoms with Gasteiger partial charge in [-0.2, -0.15) is 9.40 Å². The zero-order valence-corrected chi connectivity index (χ0v) is 20.4. The molecule has 0 bridgehead atoms. The summed E-state index contributed by atoms with van der Waals surface area (Å²) in [7, 11) is -3.73. The fraction of sp³-hybridized carbons (Fsp3) is 0.250. The van der Waals surface area contributed by atoms with E-state index in [-0.39, 0.29) is 35.0 Å². The fourth-order valence-electron chi connectivity index (χ4n) is 3.52. The van der Waals surface area contributed by atoms with Gasteiger partial charge in [0.25, 0.3) is 11.8 Å². The fourth-order valence-corrected chi connectivity index (χ4v) is 4.96. The Bertz CT molecular complexity index is 1400. The maximum Gasteiger partial charge on any atom is 0.322 e. The van der Waals surface area contributed by atoms with Gasteiger partial charge in [-0.3, -0.25) is 14.8 Å². The van der Waals surface area contributed by atoms with E-state index in [4.69, 9.17) is 4.42 Å². The van der Waals surface area contributed by atoms with Crippen molar-refractivity contribution >= 4 is 21.9 Å². The van der Waals surface area contributed by atoms with Gasteiger partial charge in [0.15, 0.2) is 0 Å². The molecule has 1 amide bonds. The quantitative estimate of drug-likeness (QED) is 0.373. The molecule has 0 radical (unpaired) electrons. The molecule has 0 saturated carbocycles. The summed E-state index contributed by atoms with van der Waals surface area (Å²) in [6, 6.07) is 16.9. The van der Waals surface area contributed by atoms with Gasteiger partial charge in [0, 0.05) is 30.9 Å². The Morgan fingerprint density at radius 1 is 1.06 bits per heavy atom. The molecule has 10 nitrogen and oxygen atoms in total. The summed E-state index contributed by atoms with van der Waals surface area (Å²) in [5.41, 5.74) is 1.78. The summed E-state index contributed by atoms with van der Waals surface area (Å²) >= 11 is 0. The lowest BCUT2D eigenvalue weighted by atomic mass is 10.2. The van der Waals surface area contributed by atoms with Gasteiger partial charge in [-0.25, -0.2) is 8.42 Å². The number of carbonyl (C=O) groups excluding carboxylic acids is 1. The predicted molar refractivity (Wildman–Crippen MR) is 130 cm³/mol. The molecule has 4 rings (SSSR count). The van der Waals surface area contributed by atoms with Crippen molar-refractivity contribution in [3.05, 3.63) is 78.0 Å². The third-order valence-corrected chi connectivity index (χ3v) is 7.27. The first kappa shape index (κ1) is 24.3. The van der Waals surface area contributed by atoms with E-state index in [1.807, 2.05) is 44.2 Å². The minimum atomic E-state index is -3.73. The number of aromatic nitrogens is 4. The monoisotopic (exact) mass is 494 g/mol. The number of rotatable bonds is 9. The van der Waals surface area contributed by atoms with E-state index >= 15 is 0 Å². The van der Waals surface area contributed by atoms with Crippen LogP contribution in [0.2, 0.25) is 0 Å². The van der Waals surface area contributed by atoms with Gasteiger partial charge in [-0.15, -0.1) is 5.10 Å². The molecule has 0 aliphatic heterocycles. The van der Waals surface area contributed by atoms with E-state index in [1.165, 1.54) is 28.6 Å². The summed E-state index contributed by atoms with van der Waals surface area (Å²) in [6.45, 7) is 6.31. The summed E-state index contributed by atoms with van der Waals surface area (Å²) in [4.78, 5) is 12.8. The second-order valence-corrected chi connectivity index (χ2v) is 10.0. The topological polar surface area (TPSA) is 123 Å². The summed E-state index contributed by atoms with van der Waals surface area (Å²) < 4.78 is 34.9. The van der Waals surface area contributed by atoms with Crippen molar-refractivity contribution in [2.24, 2.45) is 0 Å². The van der Waals surface area contributed by atoms with Gasteiger partial charge in [-0.05, 0) is 49.7 Å². The van der Waals surface area contributed by atoms with Gasteiger partial charge < -0.3 is 4.42 Å². The van der Waals surface area contributed by atoms with Crippen LogP contribution in [0.1, 0.15) is 42.7 Å². The van der Waals surface area contributed by atoms with Gasteiger partial charge in [0.2, 0.25) is 10.0 Å². The average molecular weight is 495 g/mol. The average Bonchev–Trinajstić information content (AvgIpc) is 3.53. The Labute approximate surface area is 203 Å². The van der Waals surface area contributed by atoms with E-state index in [1.54, 1.807) is 23.9 Å². The number of hydrogen-bond donors (Lipinski definition) is 1. The molecule has 0 aliphatic rings. The minimum Gasteiger partial charge on any atom is -0.401 e. The van der Waals surface area contributed by atoms with Crippen LogP contribution in [0, 0.1) is 0 Å². The van der Waals surface area contributed by atoms with Crippen LogP contribution in [0.4, 0.5) is 6.01 Å². The Kier molecular flexibility index (Phi) is 7.08. The highest BCUT2D eigenvalue weighted by molar-refractivity contribution is 7.89. The van der Waals surface area contributed by atoms with Crippen molar-refractivity contribution in [2.75, 3.05) is 11.9 Å². The van der Waals surface area contributed by atoms with Gasteiger partial charge in [-0.1, -0.05) is 42.4 Å². The largest absolute Gasteiger partial charge is 0.401 e. The number of hydrogen-bond acceptors (Lipinski definition) is 7. The molecule has 0 saturated heterocycles. The molecule has 2 aromatic carbocycles. The number of anilines is 1. The molecule has 4 aromatic rings. The minimum absolute atomic E-state index is 0.0711. The lowest BCUT2D eigenvalue weighted by Crippen LogP contribution is -2.30. The molecule has 0 atom stereocenters. The Hall–Kier alpha value is -3.83. The van der Waals surface area contributed by atoms with Crippen molar-refractivity contribution in [1.82, 2.24) is 24.3 Å². The molecular weight excluding hydrogens is 468 g/mol. The zero-order chi connectivity index (χ0) is 25.0. The lowest BCUT2D eigenvalue weighted by Gasteiger charge is -2.20. The smallest absolute Gasteiger partial charge is 0.322 e. The number of amides is 1. The Morgan fingerprint density at radius 2 is 1.77 bits per heavy atom.